The fourth-order valence-corrected chi connectivity index (χ4v) is 2.65. The van der Waals surface area contributed by atoms with Crippen LogP contribution in [0.4, 0.5) is 0 Å². The molecule has 0 aliphatic carbocycles. The van der Waals surface area contributed by atoms with E-state index in [4.69, 9.17) is 9.84 Å². The molecule has 5 nitrogen and oxygen atoms in total. The van der Waals surface area contributed by atoms with Crippen LogP contribution in [-0.2, 0) is 14.3 Å². The number of carboxylic acids is 1. The highest BCUT2D eigenvalue weighted by Gasteiger charge is 2.32. The monoisotopic (exact) mass is 241 g/mol. The van der Waals surface area contributed by atoms with E-state index in [0.717, 1.165) is 19.3 Å². The van der Waals surface area contributed by atoms with Crippen LogP contribution in [0, 0.1) is 11.8 Å². The van der Waals surface area contributed by atoms with Crippen LogP contribution >= 0.6 is 0 Å². The molecule has 0 radical (unpaired) electrons. The van der Waals surface area contributed by atoms with Crippen molar-refractivity contribution in [3.05, 3.63) is 0 Å². The van der Waals surface area contributed by atoms with Crippen LogP contribution < -0.4 is 0 Å². The predicted octanol–water partition coefficient (Wildman–Crippen LogP) is 0.736. The lowest BCUT2D eigenvalue weighted by molar-refractivity contribution is -0.140. The summed E-state index contributed by atoms with van der Waals surface area (Å²) in [5.41, 5.74) is 0. The second kappa shape index (κ2) is 5.49. The van der Waals surface area contributed by atoms with Gasteiger partial charge in [-0.05, 0) is 25.2 Å². The van der Waals surface area contributed by atoms with Crippen LogP contribution in [0.25, 0.3) is 0 Å². The molecule has 1 unspecified atom stereocenters. The van der Waals surface area contributed by atoms with Gasteiger partial charge >= 0.3 is 5.97 Å². The van der Waals surface area contributed by atoms with E-state index in [9.17, 15) is 9.59 Å². The molecule has 1 N–H and O–H groups in total. The summed E-state index contributed by atoms with van der Waals surface area (Å²) in [4.78, 5) is 24.6. The van der Waals surface area contributed by atoms with Crippen LogP contribution in [0.3, 0.4) is 0 Å². The largest absolute Gasteiger partial charge is 0.481 e. The zero-order valence-electron chi connectivity index (χ0n) is 9.93. The van der Waals surface area contributed by atoms with Crippen molar-refractivity contribution in [2.75, 3.05) is 26.3 Å². The highest BCUT2D eigenvalue weighted by Crippen LogP contribution is 2.24. The number of rotatable bonds is 3. The Kier molecular flexibility index (Phi) is 3.99. The van der Waals surface area contributed by atoms with Gasteiger partial charge in [0, 0.05) is 38.6 Å². The van der Waals surface area contributed by atoms with Gasteiger partial charge in [-0.3, -0.25) is 9.59 Å². The van der Waals surface area contributed by atoms with Crippen molar-refractivity contribution < 1.29 is 19.4 Å². The Bertz CT molecular complexity index is 299. The molecule has 2 aliphatic rings. The highest BCUT2D eigenvalue weighted by molar-refractivity contribution is 5.79. The average Bonchev–Trinajstić information content (AvgIpc) is 2.77. The van der Waals surface area contributed by atoms with E-state index in [1.165, 1.54) is 0 Å². The lowest BCUT2D eigenvalue weighted by Gasteiger charge is -2.26. The van der Waals surface area contributed by atoms with Crippen molar-refractivity contribution >= 4 is 11.9 Å². The van der Waals surface area contributed by atoms with Gasteiger partial charge in [0.1, 0.15) is 0 Å². The molecule has 5 heteroatoms. The third-order valence-corrected chi connectivity index (χ3v) is 3.63. The second-order valence-electron chi connectivity index (χ2n) is 4.92. The van der Waals surface area contributed by atoms with Gasteiger partial charge in [-0.25, -0.2) is 0 Å². The lowest BCUT2D eigenvalue weighted by Crippen LogP contribution is -2.37. The molecule has 2 rings (SSSR count). The van der Waals surface area contributed by atoms with Gasteiger partial charge in [0.05, 0.1) is 0 Å². The maximum atomic E-state index is 12.2. The minimum absolute atomic E-state index is 0.0901. The molecular weight excluding hydrogens is 222 g/mol. The number of carbonyl (C=O) groups excluding carboxylic acids is 1. The molecule has 0 saturated carbocycles. The number of amides is 1. The standard InChI is InChI=1S/C12H19NO4/c14-11(15)7-9-1-4-13(8-9)12(16)10-2-5-17-6-3-10/h9-10H,1-8H2,(H,14,15). The topological polar surface area (TPSA) is 66.8 Å². The first-order valence-corrected chi connectivity index (χ1v) is 6.25. The van der Waals surface area contributed by atoms with Gasteiger partial charge in [-0.2, -0.15) is 0 Å². The van der Waals surface area contributed by atoms with Crippen LogP contribution in [-0.4, -0.2) is 48.2 Å². The Morgan fingerprint density at radius 2 is 1.94 bits per heavy atom. The summed E-state index contributed by atoms with van der Waals surface area (Å²) in [7, 11) is 0. The van der Waals surface area contributed by atoms with Gasteiger partial charge < -0.3 is 14.7 Å². The number of carboxylic acid groups (broad SMARTS) is 1. The maximum Gasteiger partial charge on any atom is 0.303 e. The quantitative estimate of drug-likeness (QED) is 0.791. The number of likely N-dealkylation sites (tertiary alicyclic amines) is 1. The van der Waals surface area contributed by atoms with Gasteiger partial charge in [0.25, 0.3) is 0 Å². The van der Waals surface area contributed by atoms with Gasteiger partial charge in [-0.1, -0.05) is 0 Å². The zero-order chi connectivity index (χ0) is 12.3. The number of ether oxygens (including phenoxy) is 1. The summed E-state index contributed by atoms with van der Waals surface area (Å²) in [6, 6.07) is 0. The molecule has 0 aromatic heterocycles. The molecule has 2 saturated heterocycles. The zero-order valence-corrected chi connectivity index (χ0v) is 9.93. The summed E-state index contributed by atoms with van der Waals surface area (Å²) in [6.45, 7) is 2.67. The van der Waals surface area contributed by atoms with Crippen molar-refractivity contribution in [3.63, 3.8) is 0 Å². The van der Waals surface area contributed by atoms with Crippen molar-refractivity contribution in [2.45, 2.75) is 25.7 Å². The maximum absolute atomic E-state index is 12.2. The van der Waals surface area contributed by atoms with Gasteiger partial charge in [0.2, 0.25) is 5.91 Å². The number of carbonyl (C=O) groups is 2. The Labute approximate surface area is 101 Å². The van der Waals surface area contributed by atoms with E-state index < -0.39 is 5.97 Å². The predicted molar refractivity (Wildman–Crippen MR) is 60.5 cm³/mol. The molecule has 96 valence electrons. The van der Waals surface area contributed by atoms with Gasteiger partial charge in [0.15, 0.2) is 0 Å². The molecule has 1 atom stereocenters. The van der Waals surface area contributed by atoms with Crippen LogP contribution in [0.15, 0.2) is 0 Å². The van der Waals surface area contributed by atoms with Crippen molar-refractivity contribution in [1.29, 1.82) is 0 Å². The highest BCUT2D eigenvalue weighted by atomic mass is 16.5. The summed E-state index contributed by atoms with van der Waals surface area (Å²) in [5.74, 6) is -0.347. The van der Waals surface area contributed by atoms with Crippen molar-refractivity contribution in [1.82, 2.24) is 4.90 Å². The fraction of sp³-hybridized carbons (Fsp3) is 0.833. The second-order valence-corrected chi connectivity index (χ2v) is 4.92. The molecule has 2 fully saturated rings. The molecule has 2 heterocycles. The van der Waals surface area contributed by atoms with Crippen molar-refractivity contribution in [3.8, 4) is 0 Å². The number of hydrogen-bond donors (Lipinski definition) is 1. The number of aliphatic carboxylic acids is 1. The minimum atomic E-state index is -0.768. The third-order valence-electron chi connectivity index (χ3n) is 3.63. The molecule has 0 spiro atoms. The SMILES string of the molecule is O=C(O)CC1CCN(C(=O)C2CCOCC2)C1. The van der Waals surface area contributed by atoms with E-state index in [0.29, 0.717) is 26.3 Å². The molecule has 2 aliphatic heterocycles. The summed E-state index contributed by atoms with van der Waals surface area (Å²) >= 11 is 0. The first-order valence-electron chi connectivity index (χ1n) is 6.25. The van der Waals surface area contributed by atoms with E-state index >= 15 is 0 Å². The van der Waals surface area contributed by atoms with E-state index in [1.807, 2.05) is 4.90 Å². The molecule has 0 aromatic rings. The summed E-state index contributed by atoms with van der Waals surface area (Å²) in [5, 5.41) is 8.73. The Balaban J connectivity index is 1.82. The van der Waals surface area contributed by atoms with E-state index in [2.05, 4.69) is 0 Å². The Hall–Kier alpha value is -1.10. The average molecular weight is 241 g/mol. The van der Waals surface area contributed by atoms with Crippen molar-refractivity contribution in [2.24, 2.45) is 11.8 Å². The molecule has 0 aromatic carbocycles. The van der Waals surface area contributed by atoms with Crippen LogP contribution in [0.1, 0.15) is 25.7 Å². The first-order chi connectivity index (χ1) is 8.16. The fourth-order valence-electron chi connectivity index (χ4n) is 2.65. The van der Waals surface area contributed by atoms with E-state index in [-0.39, 0.29) is 24.2 Å². The molecule has 17 heavy (non-hydrogen) atoms. The third kappa shape index (κ3) is 3.19. The number of hydrogen-bond acceptors (Lipinski definition) is 3. The molecular formula is C12H19NO4. The van der Waals surface area contributed by atoms with Crippen LogP contribution in [0.5, 0.6) is 0 Å². The smallest absolute Gasteiger partial charge is 0.303 e. The number of nitrogens with zero attached hydrogens (tertiary/aromatic N) is 1. The lowest BCUT2D eigenvalue weighted by atomic mass is 9.99. The van der Waals surface area contributed by atoms with Crippen LogP contribution in [0.2, 0.25) is 0 Å². The molecule has 0 bridgehead atoms. The Morgan fingerprint density at radius 3 is 2.59 bits per heavy atom. The summed E-state index contributed by atoms with van der Waals surface area (Å²) < 4.78 is 5.24. The van der Waals surface area contributed by atoms with E-state index in [1.54, 1.807) is 0 Å². The minimum Gasteiger partial charge on any atom is -0.481 e. The Morgan fingerprint density at radius 1 is 1.24 bits per heavy atom. The van der Waals surface area contributed by atoms with Gasteiger partial charge in [-0.15, -0.1) is 0 Å². The summed E-state index contributed by atoms with van der Waals surface area (Å²) in [6.07, 6.45) is 2.61. The molecule has 1 amide bonds. The first kappa shape index (κ1) is 12.4. The normalized spacial score (nSPS) is 26.1.